The Bertz CT molecular complexity index is 502. The number of ketones is 1. The summed E-state index contributed by atoms with van der Waals surface area (Å²) >= 11 is 0. The number of hydrogen-bond acceptors (Lipinski definition) is 3. The highest BCUT2D eigenvalue weighted by molar-refractivity contribution is 6.52. The van der Waals surface area contributed by atoms with Crippen molar-refractivity contribution in [2.75, 3.05) is 18.0 Å². The zero-order chi connectivity index (χ0) is 12.6. The minimum atomic E-state index is -0.906. The molecule has 0 fully saturated rings. The van der Waals surface area contributed by atoms with Crippen LogP contribution in [0.2, 0.25) is 0 Å². The molecule has 90 valence electrons. The maximum atomic E-state index is 13.6. The van der Waals surface area contributed by atoms with Gasteiger partial charge >= 0.3 is 0 Å². The van der Waals surface area contributed by atoms with Crippen molar-refractivity contribution in [3.05, 3.63) is 29.3 Å². The summed E-state index contributed by atoms with van der Waals surface area (Å²) in [6.45, 7) is 0.465. The Morgan fingerprint density at radius 3 is 2.59 bits per heavy atom. The average Bonchev–Trinajstić information content (AvgIpc) is 2.51. The maximum Gasteiger partial charge on any atom is 0.299 e. The second kappa shape index (κ2) is 4.21. The van der Waals surface area contributed by atoms with Crippen LogP contribution in [0.1, 0.15) is 16.8 Å². The lowest BCUT2D eigenvalue weighted by Gasteiger charge is -2.16. The highest BCUT2D eigenvalue weighted by Gasteiger charge is 2.38. The van der Waals surface area contributed by atoms with Gasteiger partial charge in [0.15, 0.2) is 5.82 Å². The van der Waals surface area contributed by atoms with E-state index in [1.54, 1.807) is 0 Å². The van der Waals surface area contributed by atoms with Crippen LogP contribution in [0.3, 0.4) is 0 Å². The minimum absolute atomic E-state index is 0.144. The van der Waals surface area contributed by atoms with Crippen LogP contribution in [0.25, 0.3) is 0 Å². The number of rotatable bonds is 3. The van der Waals surface area contributed by atoms with Crippen LogP contribution in [0.15, 0.2) is 12.1 Å². The van der Waals surface area contributed by atoms with Gasteiger partial charge in [-0.1, -0.05) is 0 Å². The van der Waals surface area contributed by atoms with Crippen LogP contribution in [0, 0.1) is 11.6 Å². The quantitative estimate of drug-likeness (QED) is 0.796. The summed E-state index contributed by atoms with van der Waals surface area (Å²) in [5.74, 6) is -3.49. The van der Waals surface area contributed by atoms with Crippen molar-refractivity contribution >= 4 is 17.4 Å². The second-order valence-electron chi connectivity index (χ2n) is 3.71. The molecule has 0 radical (unpaired) electrons. The molecule has 0 spiro atoms. The third-order valence-corrected chi connectivity index (χ3v) is 2.57. The molecule has 2 rings (SSSR count). The van der Waals surface area contributed by atoms with E-state index < -0.39 is 23.3 Å². The Morgan fingerprint density at radius 1 is 1.24 bits per heavy atom. The molecule has 17 heavy (non-hydrogen) atoms. The van der Waals surface area contributed by atoms with Crippen molar-refractivity contribution in [3.63, 3.8) is 0 Å². The van der Waals surface area contributed by atoms with E-state index in [9.17, 15) is 18.4 Å². The predicted octanol–water partition coefficient (Wildman–Crippen LogP) is 0.843. The molecule has 0 saturated carbocycles. The van der Waals surface area contributed by atoms with E-state index in [1.165, 1.54) is 0 Å². The molecule has 0 aromatic heterocycles. The molecule has 1 aromatic rings. The van der Waals surface area contributed by atoms with Crippen molar-refractivity contribution in [3.8, 4) is 0 Å². The first-order valence-corrected chi connectivity index (χ1v) is 5.11. The lowest BCUT2D eigenvalue weighted by Crippen LogP contribution is -2.32. The molecular weight excluding hydrogens is 230 g/mol. The fraction of sp³-hybridized carbons (Fsp3) is 0.273. The van der Waals surface area contributed by atoms with Crippen LogP contribution >= 0.6 is 0 Å². The third kappa shape index (κ3) is 1.80. The molecule has 0 unspecified atom stereocenters. The number of benzene rings is 1. The van der Waals surface area contributed by atoms with Gasteiger partial charge in [0.2, 0.25) is 0 Å². The summed E-state index contributed by atoms with van der Waals surface area (Å²) < 4.78 is 26.5. The average molecular weight is 240 g/mol. The Hall–Kier alpha value is -1.82. The molecule has 1 aromatic carbocycles. The SMILES string of the molecule is NCCCN1C(=O)C(=O)c2cc(F)cc(F)c21. The van der Waals surface area contributed by atoms with E-state index in [2.05, 4.69) is 0 Å². The van der Waals surface area contributed by atoms with Crippen LogP contribution in [0.4, 0.5) is 14.5 Å². The standard InChI is InChI=1S/C11H10F2N2O2/c12-6-4-7-9(8(13)5-6)15(3-1-2-14)11(17)10(7)16/h4-5H,1-3,14H2. The number of carbonyl (C=O) groups excluding carboxylic acids is 2. The molecule has 1 aliphatic heterocycles. The Kier molecular flexibility index (Phi) is 2.89. The smallest absolute Gasteiger partial charge is 0.299 e. The summed E-state index contributed by atoms with van der Waals surface area (Å²) in [5.41, 5.74) is 4.93. The highest BCUT2D eigenvalue weighted by Crippen LogP contribution is 2.32. The normalized spacial score (nSPS) is 14.4. The highest BCUT2D eigenvalue weighted by atomic mass is 19.1. The summed E-state index contributed by atoms with van der Waals surface area (Å²) in [6, 6.07) is 1.53. The number of nitrogens with two attached hydrogens (primary N) is 1. The van der Waals surface area contributed by atoms with Crippen molar-refractivity contribution in [2.24, 2.45) is 5.73 Å². The maximum absolute atomic E-state index is 13.6. The topological polar surface area (TPSA) is 63.4 Å². The fourth-order valence-electron chi connectivity index (χ4n) is 1.82. The first-order valence-electron chi connectivity index (χ1n) is 5.11. The summed E-state index contributed by atoms with van der Waals surface area (Å²) in [4.78, 5) is 24.1. The van der Waals surface area contributed by atoms with Crippen LogP contribution in [-0.4, -0.2) is 24.8 Å². The molecule has 1 amide bonds. The molecule has 1 heterocycles. The first kappa shape index (κ1) is 11.7. The van der Waals surface area contributed by atoms with Gasteiger partial charge in [-0.05, 0) is 19.0 Å². The summed E-state index contributed by atoms with van der Waals surface area (Å²) in [5, 5.41) is 0. The molecule has 2 N–H and O–H groups in total. The zero-order valence-electron chi connectivity index (χ0n) is 8.87. The predicted molar refractivity (Wildman–Crippen MR) is 56.7 cm³/mol. The zero-order valence-corrected chi connectivity index (χ0v) is 8.87. The van der Waals surface area contributed by atoms with Crippen molar-refractivity contribution in [1.82, 2.24) is 0 Å². The van der Waals surface area contributed by atoms with Crippen molar-refractivity contribution < 1.29 is 18.4 Å². The number of halogens is 2. The van der Waals surface area contributed by atoms with Gasteiger partial charge in [-0.15, -0.1) is 0 Å². The number of Topliss-reactive ketones (excluding diaryl/α,β-unsaturated/α-hetero) is 1. The van der Waals surface area contributed by atoms with Gasteiger partial charge in [-0.25, -0.2) is 8.78 Å². The molecule has 0 aliphatic carbocycles. The number of amides is 1. The number of nitrogens with zero attached hydrogens (tertiary/aromatic N) is 1. The molecule has 1 aliphatic rings. The van der Waals surface area contributed by atoms with Gasteiger partial charge < -0.3 is 10.6 Å². The molecule has 6 heteroatoms. The van der Waals surface area contributed by atoms with E-state index in [0.717, 1.165) is 11.0 Å². The molecular formula is C11H10F2N2O2. The Balaban J connectivity index is 2.48. The van der Waals surface area contributed by atoms with E-state index in [1.807, 2.05) is 0 Å². The van der Waals surface area contributed by atoms with E-state index in [4.69, 9.17) is 5.73 Å². The Labute approximate surface area is 96.0 Å². The number of carbonyl (C=O) groups is 2. The largest absolute Gasteiger partial charge is 0.330 e. The lowest BCUT2D eigenvalue weighted by molar-refractivity contribution is -0.114. The monoisotopic (exact) mass is 240 g/mol. The molecule has 0 atom stereocenters. The third-order valence-electron chi connectivity index (χ3n) is 2.57. The molecule has 0 saturated heterocycles. The van der Waals surface area contributed by atoms with Gasteiger partial charge in [0, 0.05) is 12.6 Å². The first-order chi connectivity index (χ1) is 8.06. The van der Waals surface area contributed by atoms with Crippen LogP contribution < -0.4 is 10.6 Å². The van der Waals surface area contributed by atoms with E-state index in [-0.39, 0.29) is 17.8 Å². The fourth-order valence-corrected chi connectivity index (χ4v) is 1.82. The number of fused-ring (bicyclic) bond motifs is 1. The molecule has 4 nitrogen and oxygen atoms in total. The van der Waals surface area contributed by atoms with Gasteiger partial charge in [0.1, 0.15) is 5.82 Å². The minimum Gasteiger partial charge on any atom is -0.330 e. The Morgan fingerprint density at radius 2 is 1.94 bits per heavy atom. The van der Waals surface area contributed by atoms with Gasteiger partial charge in [0.25, 0.3) is 11.7 Å². The lowest BCUT2D eigenvalue weighted by atomic mass is 10.1. The second-order valence-corrected chi connectivity index (χ2v) is 3.71. The van der Waals surface area contributed by atoms with E-state index >= 15 is 0 Å². The summed E-state index contributed by atoms with van der Waals surface area (Å²) in [7, 11) is 0. The van der Waals surface area contributed by atoms with Gasteiger partial charge in [-0.2, -0.15) is 0 Å². The number of hydrogen-bond donors (Lipinski definition) is 1. The van der Waals surface area contributed by atoms with Crippen LogP contribution in [-0.2, 0) is 4.79 Å². The van der Waals surface area contributed by atoms with E-state index in [0.29, 0.717) is 19.0 Å². The van der Waals surface area contributed by atoms with Gasteiger partial charge in [-0.3, -0.25) is 9.59 Å². The number of anilines is 1. The van der Waals surface area contributed by atoms with Gasteiger partial charge in [0.05, 0.1) is 11.3 Å². The molecule has 0 bridgehead atoms. The van der Waals surface area contributed by atoms with Crippen molar-refractivity contribution in [2.45, 2.75) is 6.42 Å². The summed E-state index contributed by atoms with van der Waals surface area (Å²) in [6.07, 6.45) is 0.440. The van der Waals surface area contributed by atoms with Crippen molar-refractivity contribution in [1.29, 1.82) is 0 Å². The van der Waals surface area contributed by atoms with Crippen LogP contribution in [0.5, 0.6) is 0 Å².